The molecule has 0 atom stereocenters. The average molecular weight is 289 g/mol. The number of primary amides is 1. The Morgan fingerprint density at radius 2 is 2.10 bits per heavy atom. The molecular weight excluding hydrogens is 270 g/mol. The predicted molar refractivity (Wildman–Crippen MR) is 77.2 cm³/mol. The average Bonchev–Trinajstić information content (AvgIpc) is 2.81. The van der Waals surface area contributed by atoms with Gasteiger partial charge in [-0.25, -0.2) is 4.98 Å². The SMILES string of the molecule is NC(=O)c1cc2c(nc1NC1(CC(=O)O)CCC1)CCC2. The zero-order chi connectivity index (χ0) is 15.0. The maximum atomic E-state index is 11.7. The molecule has 3 rings (SSSR count). The molecule has 1 heterocycles. The Kier molecular flexibility index (Phi) is 3.31. The second-order valence-corrected chi connectivity index (χ2v) is 6.04. The largest absolute Gasteiger partial charge is 0.481 e. The van der Waals surface area contributed by atoms with Crippen LogP contribution in [0.3, 0.4) is 0 Å². The van der Waals surface area contributed by atoms with Crippen LogP contribution in [0, 0.1) is 0 Å². The minimum atomic E-state index is -0.844. The molecule has 0 saturated heterocycles. The van der Waals surface area contributed by atoms with Gasteiger partial charge in [-0.15, -0.1) is 0 Å². The molecule has 112 valence electrons. The van der Waals surface area contributed by atoms with Crippen molar-refractivity contribution in [2.75, 3.05) is 5.32 Å². The number of nitrogens with two attached hydrogens (primary N) is 1. The van der Waals surface area contributed by atoms with Crippen LogP contribution in [0.2, 0.25) is 0 Å². The summed E-state index contributed by atoms with van der Waals surface area (Å²) in [7, 11) is 0. The van der Waals surface area contributed by atoms with Crippen LogP contribution in [0.25, 0.3) is 0 Å². The number of carbonyl (C=O) groups is 2. The van der Waals surface area contributed by atoms with Crippen molar-refractivity contribution in [3.63, 3.8) is 0 Å². The maximum Gasteiger partial charge on any atom is 0.305 e. The quantitative estimate of drug-likeness (QED) is 0.761. The summed E-state index contributed by atoms with van der Waals surface area (Å²) < 4.78 is 0. The molecule has 21 heavy (non-hydrogen) atoms. The smallest absolute Gasteiger partial charge is 0.305 e. The Balaban J connectivity index is 1.94. The van der Waals surface area contributed by atoms with Crippen molar-refractivity contribution in [2.45, 2.75) is 50.5 Å². The number of hydrogen-bond acceptors (Lipinski definition) is 4. The van der Waals surface area contributed by atoms with E-state index in [1.807, 2.05) is 6.07 Å². The minimum absolute atomic E-state index is 0.0317. The van der Waals surface area contributed by atoms with Gasteiger partial charge in [-0.2, -0.15) is 0 Å². The molecule has 6 nitrogen and oxygen atoms in total. The number of aromatic nitrogens is 1. The monoisotopic (exact) mass is 289 g/mol. The van der Waals surface area contributed by atoms with Gasteiger partial charge in [0.15, 0.2) is 0 Å². The van der Waals surface area contributed by atoms with Crippen molar-refractivity contribution >= 4 is 17.7 Å². The van der Waals surface area contributed by atoms with Gasteiger partial charge >= 0.3 is 5.97 Å². The van der Waals surface area contributed by atoms with Crippen LogP contribution in [0.5, 0.6) is 0 Å². The number of aryl methyl sites for hydroxylation is 2. The Hall–Kier alpha value is -2.11. The highest BCUT2D eigenvalue weighted by Crippen LogP contribution is 2.39. The van der Waals surface area contributed by atoms with E-state index < -0.39 is 17.4 Å². The molecule has 0 aromatic carbocycles. The fourth-order valence-electron chi connectivity index (χ4n) is 3.25. The summed E-state index contributed by atoms with van der Waals surface area (Å²) >= 11 is 0. The molecule has 6 heteroatoms. The standard InChI is InChI=1S/C15H19N3O3/c16-13(21)10-7-9-3-1-4-11(9)17-14(10)18-15(5-2-6-15)8-12(19)20/h7H,1-6,8H2,(H2,16,21)(H,17,18)(H,19,20). The number of carbonyl (C=O) groups excluding carboxylic acids is 1. The molecule has 1 fully saturated rings. The second kappa shape index (κ2) is 5.02. The molecule has 2 aliphatic rings. The maximum absolute atomic E-state index is 11.7. The molecule has 0 bridgehead atoms. The predicted octanol–water partition coefficient (Wildman–Crippen LogP) is 1.48. The molecule has 2 aliphatic carbocycles. The van der Waals surface area contributed by atoms with Gasteiger partial charge in [0.2, 0.25) is 0 Å². The highest BCUT2D eigenvalue weighted by Gasteiger charge is 2.40. The molecule has 1 saturated carbocycles. The lowest BCUT2D eigenvalue weighted by Gasteiger charge is -2.42. The van der Waals surface area contributed by atoms with E-state index in [1.165, 1.54) is 0 Å². The first-order valence-electron chi connectivity index (χ1n) is 7.32. The molecule has 4 N–H and O–H groups in total. The van der Waals surface area contributed by atoms with E-state index in [4.69, 9.17) is 10.8 Å². The van der Waals surface area contributed by atoms with E-state index in [1.54, 1.807) is 0 Å². The van der Waals surface area contributed by atoms with Crippen LogP contribution >= 0.6 is 0 Å². The molecule has 1 aromatic rings. The van der Waals surface area contributed by atoms with Crippen molar-refractivity contribution < 1.29 is 14.7 Å². The number of fused-ring (bicyclic) bond motifs is 1. The van der Waals surface area contributed by atoms with Gasteiger partial charge in [0, 0.05) is 11.2 Å². The highest BCUT2D eigenvalue weighted by atomic mass is 16.4. The van der Waals surface area contributed by atoms with E-state index in [0.29, 0.717) is 11.4 Å². The summed E-state index contributed by atoms with van der Waals surface area (Å²) in [4.78, 5) is 27.3. The van der Waals surface area contributed by atoms with Gasteiger partial charge in [0.1, 0.15) is 5.82 Å². The van der Waals surface area contributed by atoms with Gasteiger partial charge in [-0.05, 0) is 50.2 Å². The lowest BCUT2D eigenvalue weighted by atomic mass is 9.74. The van der Waals surface area contributed by atoms with E-state index in [0.717, 1.165) is 49.8 Å². The topological polar surface area (TPSA) is 105 Å². The minimum Gasteiger partial charge on any atom is -0.481 e. The number of anilines is 1. The van der Waals surface area contributed by atoms with E-state index in [2.05, 4.69) is 10.3 Å². The molecule has 1 amide bonds. The third kappa shape index (κ3) is 2.57. The number of hydrogen-bond donors (Lipinski definition) is 3. The van der Waals surface area contributed by atoms with Gasteiger partial charge in [-0.3, -0.25) is 9.59 Å². The number of nitrogens with one attached hydrogen (secondary N) is 1. The van der Waals surface area contributed by atoms with E-state index in [-0.39, 0.29) is 6.42 Å². The van der Waals surface area contributed by atoms with Gasteiger partial charge in [0.25, 0.3) is 5.91 Å². The zero-order valence-corrected chi connectivity index (χ0v) is 11.8. The summed E-state index contributed by atoms with van der Waals surface area (Å²) in [5, 5.41) is 12.3. The number of carboxylic acid groups (broad SMARTS) is 1. The van der Waals surface area contributed by atoms with Crippen molar-refractivity contribution in [3.05, 3.63) is 22.9 Å². The van der Waals surface area contributed by atoms with Crippen LogP contribution in [-0.2, 0) is 17.6 Å². The molecule has 0 spiro atoms. The van der Waals surface area contributed by atoms with E-state index >= 15 is 0 Å². The first-order chi connectivity index (χ1) is 9.99. The van der Waals surface area contributed by atoms with Crippen molar-refractivity contribution in [3.8, 4) is 0 Å². The number of aliphatic carboxylic acids is 1. The molecular formula is C15H19N3O3. The third-order valence-electron chi connectivity index (χ3n) is 4.50. The van der Waals surface area contributed by atoms with Crippen LogP contribution in [0.4, 0.5) is 5.82 Å². The zero-order valence-electron chi connectivity index (χ0n) is 11.8. The lowest BCUT2D eigenvalue weighted by molar-refractivity contribution is -0.138. The van der Waals surface area contributed by atoms with Gasteiger partial charge in [-0.1, -0.05) is 0 Å². The molecule has 0 aliphatic heterocycles. The Morgan fingerprint density at radius 1 is 1.33 bits per heavy atom. The first kappa shape index (κ1) is 13.9. The van der Waals surface area contributed by atoms with Crippen LogP contribution in [-0.4, -0.2) is 27.5 Å². The molecule has 1 aromatic heterocycles. The van der Waals surface area contributed by atoms with Crippen molar-refractivity contribution in [1.29, 1.82) is 0 Å². The second-order valence-electron chi connectivity index (χ2n) is 6.04. The lowest BCUT2D eigenvalue weighted by Crippen LogP contribution is -2.47. The fourth-order valence-corrected chi connectivity index (χ4v) is 3.25. The fraction of sp³-hybridized carbons (Fsp3) is 0.533. The summed E-state index contributed by atoms with van der Waals surface area (Å²) in [5.41, 5.74) is 7.40. The summed E-state index contributed by atoms with van der Waals surface area (Å²) in [6.07, 6.45) is 5.41. The Bertz CT molecular complexity index is 608. The number of rotatable bonds is 5. The van der Waals surface area contributed by atoms with Crippen molar-refractivity contribution in [1.82, 2.24) is 4.98 Å². The number of amides is 1. The van der Waals surface area contributed by atoms with E-state index in [9.17, 15) is 9.59 Å². The van der Waals surface area contributed by atoms with Gasteiger partial charge in [0.05, 0.1) is 12.0 Å². The Morgan fingerprint density at radius 3 is 2.67 bits per heavy atom. The number of carboxylic acids is 1. The molecule has 0 radical (unpaired) electrons. The normalized spacial score (nSPS) is 18.7. The van der Waals surface area contributed by atoms with Crippen LogP contribution in [0.1, 0.15) is 53.7 Å². The third-order valence-corrected chi connectivity index (χ3v) is 4.50. The van der Waals surface area contributed by atoms with Gasteiger partial charge < -0.3 is 16.2 Å². The summed E-state index contributed by atoms with van der Waals surface area (Å²) in [6, 6.07) is 1.81. The molecule has 0 unspecified atom stereocenters. The Labute approximate surface area is 122 Å². The summed E-state index contributed by atoms with van der Waals surface area (Å²) in [5.74, 6) is -0.919. The van der Waals surface area contributed by atoms with Crippen LogP contribution < -0.4 is 11.1 Å². The first-order valence-corrected chi connectivity index (χ1v) is 7.32. The highest BCUT2D eigenvalue weighted by molar-refractivity contribution is 5.98. The van der Waals surface area contributed by atoms with Crippen molar-refractivity contribution in [2.24, 2.45) is 5.73 Å². The summed E-state index contributed by atoms with van der Waals surface area (Å²) in [6.45, 7) is 0. The number of pyridine rings is 1. The van der Waals surface area contributed by atoms with Crippen LogP contribution in [0.15, 0.2) is 6.07 Å². The number of nitrogens with zero attached hydrogens (tertiary/aromatic N) is 1.